The Labute approximate surface area is 126 Å². The SMILES string of the molecule is COc1cc(C)c(C(=O)c2c(C)cc(C)cc2C)c(C)c1. The van der Waals surface area contributed by atoms with Crippen LogP contribution in [0.25, 0.3) is 0 Å². The van der Waals surface area contributed by atoms with Crippen LogP contribution in [0.15, 0.2) is 24.3 Å². The average Bonchev–Trinajstić information content (AvgIpc) is 2.36. The summed E-state index contributed by atoms with van der Waals surface area (Å²) in [6.45, 7) is 9.98. The Balaban J connectivity index is 2.61. The van der Waals surface area contributed by atoms with E-state index < -0.39 is 0 Å². The van der Waals surface area contributed by atoms with Crippen LogP contribution in [0.3, 0.4) is 0 Å². The first-order valence-electron chi connectivity index (χ1n) is 7.13. The van der Waals surface area contributed by atoms with Gasteiger partial charge in [0.15, 0.2) is 5.78 Å². The Morgan fingerprint density at radius 1 is 0.762 bits per heavy atom. The normalized spacial score (nSPS) is 10.6. The van der Waals surface area contributed by atoms with Crippen molar-refractivity contribution in [2.45, 2.75) is 34.6 Å². The largest absolute Gasteiger partial charge is 0.497 e. The molecule has 21 heavy (non-hydrogen) atoms. The van der Waals surface area contributed by atoms with Gasteiger partial charge in [-0.05, 0) is 69.0 Å². The van der Waals surface area contributed by atoms with Gasteiger partial charge in [-0.1, -0.05) is 17.7 Å². The highest BCUT2D eigenvalue weighted by Gasteiger charge is 2.19. The second-order valence-electron chi connectivity index (χ2n) is 5.74. The smallest absolute Gasteiger partial charge is 0.194 e. The van der Waals surface area contributed by atoms with Crippen LogP contribution in [0.4, 0.5) is 0 Å². The highest BCUT2D eigenvalue weighted by molar-refractivity contribution is 6.12. The second-order valence-corrected chi connectivity index (χ2v) is 5.74. The highest BCUT2D eigenvalue weighted by atomic mass is 16.5. The zero-order chi connectivity index (χ0) is 15.7. The summed E-state index contributed by atoms with van der Waals surface area (Å²) in [7, 11) is 1.64. The van der Waals surface area contributed by atoms with E-state index in [0.29, 0.717) is 0 Å². The van der Waals surface area contributed by atoms with Crippen molar-refractivity contribution in [1.82, 2.24) is 0 Å². The van der Waals surface area contributed by atoms with Gasteiger partial charge in [0.05, 0.1) is 7.11 Å². The molecule has 0 aromatic heterocycles. The lowest BCUT2D eigenvalue weighted by atomic mass is 9.89. The molecular formula is C19H22O2. The first kappa shape index (κ1) is 15.3. The number of ether oxygens (including phenoxy) is 1. The molecule has 0 saturated heterocycles. The van der Waals surface area contributed by atoms with E-state index in [9.17, 15) is 4.79 Å². The Kier molecular flexibility index (Phi) is 4.17. The van der Waals surface area contributed by atoms with Crippen molar-refractivity contribution in [3.8, 4) is 5.75 Å². The van der Waals surface area contributed by atoms with Crippen LogP contribution in [0.1, 0.15) is 43.7 Å². The quantitative estimate of drug-likeness (QED) is 0.776. The van der Waals surface area contributed by atoms with Crippen LogP contribution in [-0.2, 0) is 0 Å². The van der Waals surface area contributed by atoms with Crippen LogP contribution >= 0.6 is 0 Å². The second kappa shape index (κ2) is 5.72. The average molecular weight is 282 g/mol. The fourth-order valence-electron chi connectivity index (χ4n) is 3.06. The van der Waals surface area contributed by atoms with Gasteiger partial charge in [0.1, 0.15) is 5.75 Å². The van der Waals surface area contributed by atoms with E-state index in [2.05, 4.69) is 19.1 Å². The number of hydrogen-bond donors (Lipinski definition) is 0. The summed E-state index contributed by atoms with van der Waals surface area (Å²) in [6, 6.07) is 7.96. The molecule has 2 aromatic carbocycles. The molecule has 110 valence electrons. The van der Waals surface area contributed by atoms with Gasteiger partial charge in [0.25, 0.3) is 0 Å². The maximum atomic E-state index is 13.0. The molecule has 0 N–H and O–H groups in total. The molecule has 0 unspecified atom stereocenters. The Hall–Kier alpha value is -2.09. The molecule has 0 heterocycles. The summed E-state index contributed by atoms with van der Waals surface area (Å²) in [5.74, 6) is 0.890. The van der Waals surface area contributed by atoms with Crippen molar-refractivity contribution >= 4 is 5.78 Å². The van der Waals surface area contributed by atoms with Gasteiger partial charge in [0.2, 0.25) is 0 Å². The summed E-state index contributed by atoms with van der Waals surface area (Å²) in [5.41, 5.74) is 6.76. The molecule has 0 aliphatic heterocycles. The van der Waals surface area contributed by atoms with Crippen molar-refractivity contribution in [2.24, 2.45) is 0 Å². The number of rotatable bonds is 3. The lowest BCUT2D eigenvalue weighted by Gasteiger charge is -2.15. The standard InChI is InChI=1S/C19H22O2/c1-11-7-12(2)17(13(3)8-11)19(20)18-14(4)9-16(21-6)10-15(18)5/h7-10H,1-6H3. The molecular weight excluding hydrogens is 260 g/mol. The lowest BCUT2D eigenvalue weighted by molar-refractivity contribution is 0.103. The number of carbonyl (C=O) groups excluding carboxylic acids is 1. The molecule has 0 amide bonds. The zero-order valence-corrected chi connectivity index (χ0v) is 13.6. The van der Waals surface area contributed by atoms with Crippen molar-refractivity contribution in [2.75, 3.05) is 7.11 Å². The maximum absolute atomic E-state index is 13.0. The van der Waals surface area contributed by atoms with Crippen molar-refractivity contribution in [3.63, 3.8) is 0 Å². The van der Waals surface area contributed by atoms with Gasteiger partial charge in [-0.3, -0.25) is 4.79 Å². The van der Waals surface area contributed by atoms with E-state index >= 15 is 0 Å². The lowest BCUT2D eigenvalue weighted by Crippen LogP contribution is -2.10. The van der Waals surface area contributed by atoms with Crippen LogP contribution < -0.4 is 4.74 Å². The third-order valence-electron chi connectivity index (χ3n) is 3.87. The summed E-state index contributed by atoms with van der Waals surface area (Å²) >= 11 is 0. The zero-order valence-electron chi connectivity index (χ0n) is 13.6. The van der Waals surface area contributed by atoms with E-state index in [1.807, 2.05) is 39.8 Å². The van der Waals surface area contributed by atoms with Crippen molar-refractivity contribution in [1.29, 1.82) is 0 Å². The van der Waals surface area contributed by atoms with Gasteiger partial charge in [0, 0.05) is 11.1 Å². The third kappa shape index (κ3) is 2.85. The Bertz CT molecular complexity index is 665. The third-order valence-corrected chi connectivity index (χ3v) is 3.87. The van der Waals surface area contributed by atoms with Gasteiger partial charge in [-0.15, -0.1) is 0 Å². The number of benzene rings is 2. The predicted molar refractivity (Wildman–Crippen MR) is 86.6 cm³/mol. The predicted octanol–water partition coefficient (Wildman–Crippen LogP) is 4.47. The van der Waals surface area contributed by atoms with Crippen molar-refractivity contribution in [3.05, 3.63) is 63.2 Å². The molecule has 0 atom stereocenters. The molecule has 0 aliphatic carbocycles. The van der Waals surface area contributed by atoms with Crippen LogP contribution in [0.2, 0.25) is 0 Å². The molecule has 0 bridgehead atoms. The molecule has 2 rings (SSSR count). The molecule has 2 nitrogen and oxygen atoms in total. The molecule has 0 radical (unpaired) electrons. The van der Waals surface area contributed by atoms with Gasteiger partial charge >= 0.3 is 0 Å². The fraction of sp³-hybridized carbons (Fsp3) is 0.316. The number of methoxy groups -OCH3 is 1. The minimum Gasteiger partial charge on any atom is -0.497 e. The van der Waals surface area contributed by atoms with Crippen LogP contribution in [0, 0.1) is 34.6 Å². The van der Waals surface area contributed by atoms with Crippen molar-refractivity contribution < 1.29 is 9.53 Å². The monoisotopic (exact) mass is 282 g/mol. The summed E-state index contributed by atoms with van der Waals surface area (Å²) in [4.78, 5) is 13.0. The summed E-state index contributed by atoms with van der Waals surface area (Å²) in [5, 5.41) is 0. The van der Waals surface area contributed by atoms with Gasteiger partial charge in [-0.2, -0.15) is 0 Å². The Morgan fingerprint density at radius 3 is 1.52 bits per heavy atom. The molecule has 0 saturated carbocycles. The van der Waals surface area contributed by atoms with E-state index in [4.69, 9.17) is 4.74 Å². The van der Waals surface area contributed by atoms with E-state index in [1.54, 1.807) is 7.11 Å². The first-order valence-corrected chi connectivity index (χ1v) is 7.13. The van der Waals surface area contributed by atoms with E-state index in [-0.39, 0.29) is 5.78 Å². The molecule has 0 fully saturated rings. The minimum atomic E-state index is 0.0997. The highest BCUT2D eigenvalue weighted by Crippen LogP contribution is 2.27. The van der Waals surface area contributed by atoms with Crippen LogP contribution in [0.5, 0.6) is 5.75 Å². The first-order chi connectivity index (χ1) is 9.85. The molecule has 2 heteroatoms. The Morgan fingerprint density at radius 2 is 1.14 bits per heavy atom. The number of aryl methyl sites for hydroxylation is 5. The fourth-order valence-corrected chi connectivity index (χ4v) is 3.06. The molecule has 0 aliphatic rings. The van der Waals surface area contributed by atoms with Gasteiger partial charge in [-0.25, -0.2) is 0 Å². The maximum Gasteiger partial charge on any atom is 0.194 e. The van der Waals surface area contributed by atoms with Gasteiger partial charge < -0.3 is 4.74 Å². The minimum absolute atomic E-state index is 0.0997. The number of ketones is 1. The summed E-state index contributed by atoms with van der Waals surface area (Å²) in [6.07, 6.45) is 0. The molecule has 0 spiro atoms. The number of carbonyl (C=O) groups is 1. The van der Waals surface area contributed by atoms with E-state index in [0.717, 1.165) is 39.1 Å². The topological polar surface area (TPSA) is 26.3 Å². The van der Waals surface area contributed by atoms with Crippen LogP contribution in [-0.4, -0.2) is 12.9 Å². The molecule has 2 aromatic rings. The number of hydrogen-bond acceptors (Lipinski definition) is 2. The summed E-state index contributed by atoms with van der Waals surface area (Å²) < 4.78 is 5.27. The van der Waals surface area contributed by atoms with E-state index in [1.165, 1.54) is 5.56 Å².